The van der Waals surface area contributed by atoms with E-state index < -0.39 is 5.82 Å². The van der Waals surface area contributed by atoms with Gasteiger partial charge in [0.25, 0.3) is 5.91 Å². The molecule has 0 radical (unpaired) electrons. The normalized spacial score (nSPS) is 17.0. The molecule has 0 bridgehead atoms. The second-order valence-electron chi connectivity index (χ2n) is 6.36. The van der Waals surface area contributed by atoms with Crippen molar-refractivity contribution in [2.45, 2.75) is 32.7 Å². The average molecular weight is 327 g/mol. The number of carbonyl (C=O) groups excluding carboxylic acids is 1. The van der Waals surface area contributed by atoms with Gasteiger partial charge in [0.05, 0.1) is 5.02 Å². The molecule has 0 aliphatic carbocycles. The molecule has 1 unspecified atom stereocenters. The van der Waals surface area contributed by atoms with Gasteiger partial charge in [0.1, 0.15) is 5.82 Å². The lowest BCUT2D eigenvalue weighted by atomic mass is 10.0. The third-order valence-corrected chi connectivity index (χ3v) is 4.69. The number of likely N-dealkylation sites (N-methyl/N-ethyl adjacent to an activating group) is 1. The van der Waals surface area contributed by atoms with Gasteiger partial charge < -0.3 is 9.80 Å². The van der Waals surface area contributed by atoms with E-state index in [2.05, 4.69) is 18.7 Å². The van der Waals surface area contributed by atoms with Crippen molar-refractivity contribution in [2.24, 2.45) is 5.92 Å². The van der Waals surface area contributed by atoms with Crippen molar-refractivity contribution < 1.29 is 9.18 Å². The highest BCUT2D eigenvalue weighted by Crippen LogP contribution is 2.20. The minimum Gasteiger partial charge on any atom is -0.337 e. The molecule has 1 fully saturated rings. The van der Waals surface area contributed by atoms with Crippen molar-refractivity contribution >= 4 is 17.5 Å². The van der Waals surface area contributed by atoms with Gasteiger partial charge in [-0.15, -0.1) is 0 Å². The first-order valence-corrected chi connectivity index (χ1v) is 8.22. The minimum absolute atomic E-state index is 0.0140. The predicted molar refractivity (Wildman–Crippen MR) is 87.8 cm³/mol. The molecule has 22 heavy (non-hydrogen) atoms. The average Bonchev–Trinajstić information content (AvgIpc) is 2.99. The molecule has 1 atom stereocenters. The van der Waals surface area contributed by atoms with Crippen LogP contribution in [0.3, 0.4) is 0 Å². The Hall–Kier alpha value is -1.13. The summed E-state index contributed by atoms with van der Waals surface area (Å²) in [7, 11) is 1.82. The molecule has 5 heteroatoms. The van der Waals surface area contributed by atoms with Crippen LogP contribution in [0.15, 0.2) is 18.2 Å². The van der Waals surface area contributed by atoms with Crippen LogP contribution in [0.2, 0.25) is 5.02 Å². The Morgan fingerprint density at radius 3 is 2.55 bits per heavy atom. The van der Waals surface area contributed by atoms with Crippen LogP contribution in [-0.2, 0) is 0 Å². The van der Waals surface area contributed by atoms with Gasteiger partial charge in [-0.3, -0.25) is 4.79 Å². The van der Waals surface area contributed by atoms with E-state index in [0.29, 0.717) is 11.5 Å². The van der Waals surface area contributed by atoms with E-state index >= 15 is 0 Å². The highest BCUT2D eigenvalue weighted by molar-refractivity contribution is 6.31. The van der Waals surface area contributed by atoms with Crippen molar-refractivity contribution in [1.29, 1.82) is 0 Å². The van der Waals surface area contributed by atoms with Gasteiger partial charge in [-0.1, -0.05) is 25.4 Å². The van der Waals surface area contributed by atoms with E-state index in [-0.39, 0.29) is 17.0 Å². The summed E-state index contributed by atoms with van der Waals surface area (Å²) < 4.78 is 13.3. The van der Waals surface area contributed by atoms with E-state index in [0.717, 1.165) is 19.6 Å². The largest absolute Gasteiger partial charge is 0.337 e. The van der Waals surface area contributed by atoms with Gasteiger partial charge in [0.15, 0.2) is 0 Å². The molecule has 1 aromatic carbocycles. The molecule has 0 spiro atoms. The highest BCUT2D eigenvalue weighted by atomic mass is 35.5. The minimum atomic E-state index is -0.502. The third-order valence-electron chi connectivity index (χ3n) is 4.40. The van der Waals surface area contributed by atoms with Crippen LogP contribution in [0, 0.1) is 11.7 Å². The van der Waals surface area contributed by atoms with E-state index in [1.54, 1.807) is 4.90 Å². The van der Waals surface area contributed by atoms with Crippen LogP contribution in [0.1, 0.15) is 37.0 Å². The van der Waals surface area contributed by atoms with Gasteiger partial charge in [0, 0.05) is 25.2 Å². The Morgan fingerprint density at radius 1 is 1.36 bits per heavy atom. The number of rotatable bonds is 5. The first kappa shape index (κ1) is 17.2. The maximum absolute atomic E-state index is 13.3. The van der Waals surface area contributed by atoms with Crippen LogP contribution in [0.4, 0.5) is 4.39 Å². The Balaban J connectivity index is 2.12. The summed E-state index contributed by atoms with van der Waals surface area (Å²) in [6.07, 6.45) is 2.46. The fourth-order valence-electron chi connectivity index (χ4n) is 2.99. The second kappa shape index (κ2) is 7.42. The quantitative estimate of drug-likeness (QED) is 0.824. The first-order chi connectivity index (χ1) is 10.4. The van der Waals surface area contributed by atoms with Crippen molar-refractivity contribution in [3.05, 3.63) is 34.6 Å². The fourth-order valence-corrected chi connectivity index (χ4v) is 3.17. The molecule has 1 aliphatic rings. The van der Waals surface area contributed by atoms with Crippen LogP contribution in [0.5, 0.6) is 0 Å². The monoisotopic (exact) mass is 326 g/mol. The molecular weight excluding hydrogens is 303 g/mol. The summed E-state index contributed by atoms with van der Waals surface area (Å²) in [4.78, 5) is 16.8. The zero-order valence-corrected chi connectivity index (χ0v) is 14.2. The van der Waals surface area contributed by atoms with Crippen molar-refractivity contribution in [3.8, 4) is 0 Å². The predicted octanol–water partition coefficient (Wildman–Crippen LogP) is 3.67. The van der Waals surface area contributed by atoms with Crippen molar-refractivity contribution in [2.75, 3.05) is 26.7 Å². The lowest BCUT2D eigenvalue weighted by Crippen LogP contribution is -2.47. The number of benzene rings is 1. The van der Waals surface area contributed by atoms with Crippen LogP contribution < -0.4 is 0 Å². The topological polar surface area (TPSA) is 23.6 Å². The number of amides is 1. The van der Waals surface area contributed by atoms with Crippen molar-refractivity contribution in [3.63, 3.8) is 0 Å². The number of nitrogens with zero attached hydrogens (tertiary/aromatic N) is 2. The molecule has 1 aromatic rings. The molecule has 1 amide bonds. The number of hydrogen-bond donors (Lipinski definition) is 0. The molecule has 1 heterocycles. The molecule has 1 aliphatic heterocycles. The Labute approximate surface area is 137 Å². The summed E-state index contributed by atoms with van der Waals surface area (Å²) in [5, 5.41) is -0.0140. The molecular formula is C17H24ClFN2O. The number of carbonyl (C=O) groups is 1. The number of halogens is 2. The van der Waals surface area contributed by atoms with Gasteiger partial charge in [-0.25, -0.2) is 4.39 Å². The van der Waals surface area contributed by atoms with E-state index in [1.165, 1.54) is 31.0 Å². The first-order valence-electron chi connectivity index (χ1n) is 7.84. The van der Waals surface area contributed by atoms with Crippen LogP contribution >= 0.6 is 11.6 Å². The van der Waals surface area contributed by atoms with E-state index in [9.17, 15) is 9.18 Å². The summed E-state index contributed by atoms with van der Waals surface area (Å²) in [5.74, 6) is -0.261. The van der Waals surface area contributed by atoms with Crippen LogP contribution in [0.25, 0.3) is 0 Å². The van der Waals surface area contributed by atoms with Gasteiger partial charge in [0.2, 0.25) is 0 Å². The zero-order valence-electron chi connectivity index (χ0n) is 13.5. The van der Waals surface area contributed by atoms with E-state index in [1.807, 2.05) is 7.05 Å². The highest BCUT2D eigenvalue weighted by Gasteiger charge is 2.27. The molecule has 2 rings (SSSR count). The molecule has 1 saturated heterocycles. The van der Waals surface area contributed by atoms with E-state index in [4.69, 9.17) is 11.6 Å². The Bertz CT molecular complexity index is 529. The molecule has 0 saturated carbocycles. The zero-order chi connectivity index (χ0) is 16.3. The van der Waals surface area contributed by atoms with Crippen molar-refractivity contribution in [1.82, 2.24) is 9.80 Å². The summed E-state index contributed by atoms with van der Waals surface area (Å²) >= 11 is 5.79. The molecule has 0 aromatic heterocycles. The number of likely N-dealkylation sites (tertiary alicyclic amines) is 1. The maximum Gasteiger partial charge on any atom is 0.253 e. The SMILES string of the molecule is CC(C)C(CN1CCCC1)N(C)C(=O)c1ccc(F)c(Cl)c1. The fraction of sp³-hybridized carbons (Fsp3) is 0.588. The summed E-state index contributed by atoms with van der Waals surface area (Å²) in [5.41, 5.74) is 0.431. The molecule has 3 nitrogen and oxygen atoms in total. The third kappa shape index (κ3) is 3.99. The summed E-state index contributed by atoms with van der Waals surface area (Å²) in [6.45, 7) is 7.35. The second-order valence-corrected chi connectivity index (χ2v) is 6.77. The van der Waals surface area contributed by atoms with Gasteiger partial charge >= 0.3 is 0 Å². The number of hydrogen-bond acceptors (Lipinski definition) is 2. The Morgan fingerprint density at radius 2 is 2.00 bits per heavy atom. The lowest BCUT2D eigenvalue weighted by molar-refractivity contribution is 0.0641. The van der Waals surface area contributed by atoms with Gasteiger partial charge in [-0.2, -0.15) is 0 Å². The van der Waals surface area contributed by atoms with Gasteiger partial charge in [-0.05, 0) is 50.0 Å². The standard InChI is InChI=1S/C17H24ClFN2O/c1-12(2)16(11-21-8-4-5-9-21)20(3)17(22)13-6-7-15(19)14(18)10-13/h6-7,10,12,16H,4-5,8-9,11H2,1-3H3. The molecule has 0 N–H and O–H groups in total. The molecule has 122 valence electrons. The smallest absolute Gasteiger partial charge is 0.253 e. The maximum atomic E-state index is 13.3. The Kier molecular flexibility index (Phi) is 5.81. The lowest BCUT2D eigenvalue weighted by Gasteiger charge is -2.34. The summed E-state index contributed by atoms with van der Waals surface area (Å²) in [6, 6.07) is 4.28. The van der Waals surface area contributed by atoms with Crippen LogP contribution in [-0.4, -0.2) is 48.4 Å².